The van der Waals surface area contributed by atoms with Crippen LogP contribution in [0.15, 0.2) is 36.4 Å². The molecule has 0 amide bonds. The van der Waals surface area contributed by atoms with E-state index in [1.165, 1.54) is 17.2 Å². The molecule has 0 atom stereocenters. The van der Waals surface area contributed by atoms with Crippen LogP contribution in [-0.2, 0) is 13.0 Å². The van der Waals surface area contributed by atoms with E-state index in [2.05, 4.69) is 30.0 Å². The summed E-state index contributed by atoms with van der Waals surface area (Å²) in [6, 6.07) is 11.3. The molecule has 2 nitrogen and oxygen atoms in total. The van der Waals surface area contributed by atoms with Crippen molar-refractivity contribution in [2.45, 2.75) is 19.9 Å². The highest BCUT2D eigenvalue weighted by Gasteiger charge is 2.22. The van der Waals surface area contributed by atoms with Crippen molar-refractivity contribution in [2.75, 3.05) is 11.4 Å². The zero-order chi connectivity index (χ0) is 13.4. The number of aryl methyl sites for hydroxylation is 1. The molecule has 0 unspecified atom stereocenters. The molecule has 98 valence electrons. The number of halogens is 1. The van der Waals surface area contributed by atoms with E-state index >= 15 is 0 Å². The fourth-order valence-corrected chi connectivity index (χ4v) is 2.70. The van der Waals surface area contributed by atoms with Gasteiger partial charge in [-0.05, 0) is 48.2 Å². The van der Waals surface area contributed by atoms with Crippen LogP contribution in [0.1, 0.15) is 16.7 Å². The molecule has 19 heavy (non-hydrogen) atoms. The Balaban J connectivity index is 2.10. The normalized spacial score (nSPS) is 13.7. The molecule has 2 N–H and O–H groups in total. The highest BCUT2D eigenvalue weighted by molar-refractivity contribution is 5.72. The Morgan fingerprint density at radius 3 is 2.79 bits per heavy atom. The number of anilines is 2. The molecule has 1 aliphatic heterocycles. The number of nitrogens with zero attached hydrogens (tertiary/aromatic N) is 1. The Labute approximate surface area is 112 Å². The van der Waals surface area contributed by atoms with Crippen molar-refractivity contribution in [1.82, 2.24) is 0 Å². The second-order valence-corrected chi connectivity index (χ2v) is 5.01. The molecule has 0 aromatic heterocycles. The van der Waals surface area contributed by atoms with Crippen LogP contribution in [0, 0.1) is 12.7 Å². The van der Waals surface area contributed by atoms with Crippen molar-refractivity contribution in [2.24, 2.45) is 5.73 Å². The van der Waals surface area contributed by atoms with Gasteiger partial charge in [0.2, 0.25) is 0 Å². The van der Waals surface area contributed by atoms with Gasteiger partial charge in [-0.2, -0.15) is 0 Å². The van der Waals surface area contributed by atoms with E-state index in [0.717, 1.165) is 29.9 Å². The maximum absolute atomic E-state index is 13.5. The van der Waals surface area contributed by atoms with Crippen molar-refractivity contribution >= 4 is 11.4 Å². The standard InChI is InChI=1S/C16H17FN2/c1-11-2-3-13(10-18)15(8-11)19-7-6-12-4-5-14(17)9-16(12)19/h2-5,8-9H,6-7,10,18H2,1H3. The molecule has 0 bridgehead atoms. The van der Waals surface area contributed by atoms with Crippen LogP contribution >= 0.6 is 0 Å². The quantitative estimate of drug-likeness (QED) is 0.893. The van der Waals surface area contributed by atoms with Crippen LogP contribution in [0.4, 0.5) is 15.8 Å². The van der Waals surface area contributed by atoms with Crippen LogP contribution in [0.25, 0.3) is 0 Å². The summed E-state index contributed by atoms with van der Waals surface area (Å²) in [6.45, 7) is 3.44. The molecule has 2 aromatic carbocycles. The van der Waals surface area contributed by atoms with Gasteiger partial charge in [-0.3, -0.25) is 0 Å². The van der Waals surface area contributed by atoms with Gasteiger partial charge < -0.3 is 10.6 Å². The smallest absolute Gasteiger partial charge is 0.125 e. The molecule has 0 saturated carbocycles. The average molecular weight is 256 g/mol. The molecule has 1 heterocycles. The van der Waals surface area contributed by atoms with E-state index in [9.17, 15) is 4.39 Å². The molecule has 3 heteroatoms. The zero-order valence-electron chi connectivity index (χ0n) is 11.0. The minimum absolute atomic E-state index is 0.187. The highest BCUT2D eigenvalue weighted by Crippen LogP contribution is 2.37. The largest absolute Gasteiger partial charge is 0.341 e. The molecule has 0 saturated heterocycles. The number of rotatable bonds is 2. The fraction of sp³-hybridized carbons (Fsp3) is 0.250. The predicted molar refractivity (Wildman–Crippen MR) is 76.2 cm³/mol. The van der Waals surface area contributed by atoms with Gasteiger partial charge in [0.15, 0.2) is 0 Å². The lowest BCUT2D eigenvalue weighted by Gasteiger charge is -2.23. The van der Waals surface area contributed by atoms with Crippen molar-refractivity contribution in [3.05, 3.63) is 58.9 Å². The van der Waals surface area contributed by atoms with Crippen LogP contribution in [0.3, 0.4) is 0 Å². The Bertz CT molecular complexity index is 622. The second kappa shape index (κ2) is 4.67. The SMILES string of the molecule is Cc1ccc(CN)c(N2CCc3ccc(F)cc32)c1. The van der Waals surface area contributed by atoms with E-state index in [-0.39, 0.29) is 5.82 Å². The van der Waals surface area contributed by atoms with Crippen molar-refractivity contribution < 1.29 is 4.39 Å². The zero-order valence-corrected chi connectivity index (χ0v) is 11.0. The monoisotopic (exact) mass is 256 g/mol. The van der Waals surface area contributed by atoms with Gasteiger partial charge in [-0.15, -0.1) is 0 Å². The van der Waals surface area contributed by atoms with Gasteiger partial charge in [-0.1, -0.05) is 18.2 Å². The van der Waals surface area contributed by atoms with Crippen molar-refractivity contribution in [3.63, 3.8) is 0 Å². The minimum Gasteiger partial charge on any atom is -0.341 e. The summed E-state index contributed by atoms with van der Waals surface area (Å²) in [6.07, 6.45) is 0.952. The Morgan fingerprint density at radius 1 is 1.16 bits per heavy atom. The summed E-state index contributed by atoms with van der Waals surface area (Å²) in [5.74, 6) is -0.187. The number of fused-ring (bicyclic) bond motifs is 1. The lowest BCUT2D eigenvalue weighted by Crippen LogP contribution is -2.16. The third kappa shape index (κ3) is 2.10. The van der Waals surface area contributed by atoms with Crippen LogP contribution < -0.4 is 10.6 Å². The number of benzene rings is 2. The first kappa shape index (κ1) is 12.2. The summed E-state index contributed by atoms with van der Waals surface area (Å²) >= 11 is 0. The van der Waals surface area contributed by atoms with E-state index < -0.39 is 0 Å². The number of nitrogens with two attached hydrogens (primary N) is 1. The van der Waals surface area contributed by atoms with Crippen LogP contribution in [-0.4, -0.2) is 6.54 Å². The van der Waals surface area contributed by atoms with Gasteiger partial charge in [-0.25, -0.2) is 4.39 Å². The molecule has 0 fully saturated rings. The fourth-order valence-electron chi connectivity index (χ4n) is 2.70. The predicted octanol–water partition coefficient (Wildman–Crippen LogP) is 3.29. The van der Waals surface area contributed by atoms with E-state index in [1.54, 1.807) is 6.07 Å². The van der Waals surface area contributed by atoms with Crippen LogP contribution in [0.5, 0.6) is 0 Å². The Hall–Kier alpha value is -1.87. The first-order valence-corrected chi connectivity index (χ1v) is 6.54. The summed E-state index contributed by atoms with van der Waals surface area (Å²) in [5.41, 5.74) is 11.4. The molecule has 0 spiro atoms. The van der Waals surface area contributed by atoms with Crippen molar-refractivity contribution in [3.8, 4) is 0 Å². The van der Waals surface area contributed by atoms with E-state index in [0.29, 0.717) is 6.54 Å². The summed E-state index contributed by atoms with van der Waals surface area (Å²) in [5, 5.41) is 0. The third-order valence-corrected chi connectivity index (χ3v) is 3.69. The summed E-state index contributed by atoms with van der Waals surface area (Å²) < 4.78 is 13.5. The van der Waals surface area contributed by atoms with Gasteiger partial charge in [0.05, 0.1) is 0 Å². The Kier molecular flexibility index (Phi) is 2.99. The van der Waals surface area contributed by atoms with E-state index in [4.69, 9.17) is 5.73 Å². The third-order valence-electron chi connectivity index (χ3n) is 3.69. The Morgan fingerprint density at radius 2 is 2.00 bits per heavy atom. The van der Waals surface area contributed by atoms with Gasteiger partial charge in [0.1, 0.15) is 5.82 Å². The lowest BCUT2D eigenvalue weighted by atomic mass is 10.1. The lowest BCUT2D eigenvalue weighted by molar-refractivity contribution is 0.628. The molecule has 3 rings (SSSR count). The van der Waals surface area contributed by atoms with E-state index in [1.807, 2.05) is 6.07 Å². The average Bonchev–Trinajstić information content (AvgIpc) is 2.81. The molecule has 0 radical (unpaired) electrons. The number of hydrogen-bond donors (Lipinski definition) is 1. The maximum Gasteiger partial charge on any atom is 0.125 e. The molecular weight excluding hydrogens is 239 g/mol. The van der Waals surface area contributed by atoms with Crippen molar-refractivity contribution in [1.29, 1.82) is 0 Å². The topological polar surface area (TPSA) is 29.3 Å². The second-order valence-electron chi connectivity index (χ2n) is 5.01. The molecule has 0 aliphatic carbocycles. The summed E-state index contributed by atoms with van der Waals surface area (Å²) in [4.78, 5) is 2.17. The summed E-state index contributed by atoms with van der Waals surface area (Å²) in [7, 11) is 0. The minimum atomic E-state index is -0.187. The van der Waals surface area contributed by atoms with Gasteiger partial charge in [0.25, 0.3) is 0 Å². The molecule has 1 aliphatic rings. The van der Waals surface area contributed by atoms with Gasteiger partial charge >= 0.3 is 0 Å². The number of hydrogen-bond acceptors (Lipinski definition) is 2. The van der Waals surface area contributed by atoms with Gasteiger partial charge in [0, 0.05) is 24.5 Å². The highest BCUT2D eigenvalue weighted by atomic mass is 19.1. The molecule has 2 aromatic rings. The molecular formula is C16H17FN2. The first-order valence-electron chi connectivity index (χ1n) is 6.54. The first-order chi connectivity index (χ1) is 9.19. The van der Waals surface area contributed by atoms with Crippen LogP contribution in [0.2, 0.25) is 0 Å². The maximum atomic E-state index is 13.5.